The van der Waals surface area contributed by atoms with Crippen LogP contribution in [0.25, 0.3) is 0 Å². The fourth-order valence-electron chi connectivity index (χ4n) is 2.98. The molecule has 0 atom stereocenters. The lowest BCUT2D eigenvalue weighted by Crippen LogP contribution is -2.33. The Hall–Kier alpha value is -4.13. The number of benzene rings is 3. The van der Waals surface area contributed by atoms with Crippen molar-refractivity contribution in [2.24, 2.45) is 0 Å². The van der Waals surface area contributed by atoms with Crippen LogP contribution in [0.2, 0.25) is 0 Å². The lowest BCUT2D eigenvalue weighted by atomic mass is 10.1. The molecule has 3 aromatic carbocycles. The topological polar surface area (TPSA) is 79.7 Å². The molecule has 7 heteroatoms. The van der Waals surface area contributed by atoms with E-state index in [0.29, 0.717) is 28.3 Å². The van der Waals surface area contributed by atoms with Gasteiger partial charge in [0.15, 0.2) is 18.5 Å². The quantitative estimate of drug-likeness (QED) is 0.350. The number of anilines is 1. The van der Waals surface area contributed by atoms with Gasteiger partial charge < -0.3 is 14.8 Å². The normalized spacial score (nSPS) is 10.9. The second-order valence-electron chi connectivity index (χ2n) is 6.66. The molecule has 158 valence electrons. The van der Waals surface area contributed by atoms with E-state index in [1.807, 2.05) is 30.3 Å². The van der Waals surface area contributed by atoms with Crippen LogP contribution in [0.1, 0.15) is 26.3 Å². The third-order valence-electron chi connectivity index (χ3n) is 4.49. The minimum absolute atomic E-state index is 0.338. The summed E-state index contributed by atoms with van der Waals surface area (Å²) in [6.45, 7) is 0. The molecule has 0 aliphatic heterocycles. The molecule has 0 aliphatic carbocycles. The van der Waals surface area contributed by atoms with Gasteiger partial charge in [0.2, 0.25) is 6.21 Å². The first-order valence-electron chi connectivity index (χ1n) is 9.58. The van der Waals surface area contributed by atoms with E-state index in [4.69, 9.17) is 9.47 Å². The van der Waals surface area contributed by atoms with Crippen LogP contribution >= 0.6 is 0 Å². The number of carbonyl (C=O) groups excluding carboxylic acids is 2. The molecule has 2 N–H and O–H groups in total. The molecule has 31 heavy (non-hydrogen) atoms. The SMILES string of the molecule is COc1ccc(C(=O)Nc2ccccc2C(=O)N[N+](C)=Cc2ccccc2)cc1OC. The van der Waals surface area contributed by atoms with Gasteiger partial charge in [-0.2, -0.15) is 0 Å². The zero-order valence-electron chi connectivity index (χ0n) is 17.6. The number of rotatable bonds is 7. The summed E-state index contributed by atoms with van der Waals surface area (Å²) in [5.74, 6) is 0.249. The van der Waals surface area contributed by atoms with Gasteiger partial charge in [-0.3, -0.25) is 9.59 Å². The van der Waals surface area contributed by atoms with Crippen molar-refractivity contribution in [1.82, 2.24) is 5.43 Å². The van der Waals surface area contributed by atoms with Crippen LogP contribution in [0.4, 0.5) is 5.69 Å². The maximum absolute atomic E-state index is 12.8. The van der Waals surface area contributed by atoms with Crippen LogP contribution < -0.4 is 20.2 Å². The third kappa shape index (κ3) is 5.48. The zero-order chi connectivity index (χ0) is 22.2. The molecule has 0 unspecified atom stereocenters. The Balaban J connectivity index is 1.78. The molecule has 0 aromatic heterocycles. The summed E-state index contributed by atoms with van der Waals surface area (Å²) >= 11 is 0. The smallest absolute Gasteiger partial charge is 0.307 e. The second-order valence-corrected chi connectivity index (χ2v) is 6.66. The van der Waals surface area contributed by atoms with E-state index in [1.165, 1.54) is 14.2 Å². The Kier molecular flexibility index (Phi) is 7.01. The summed E-state index contributed by atoms with van der Waals surface area (Å²) in [6.07, 6.45) is 1.79. The average Bonchev–Trinajstić information content (AvgIpc) is 2.79. The Morgan fingerprint density at radius 1 is 0.839 bits per heavy atom. The number of hydrogen-bond acceptors (Lipinski definition) is 4. The fraction of sp³-hybridized carbons (Fsp3) is 0.125. The first-order chi connectivity index (χ1) is 15.0. The van der Waals surface area contributed by atoms with E-state index in [0.717, 1.165) is 5.56 Å². The minimum Gasteiger partial charge on any atom is -0.493 e. The lowest BCUT2D eigenvalue weighted by molar-refractivity contribution is -0.539. The summed E-state index contributed by atoms with van der Waals surface area (Å²) in [7, 11) is 4.76. The summed E-state index contributed by atoms with van der Waals surface area (Å²) in [6, 6.07) is 21.3. The number of nitrogens with zero attached hydrogens (tertiary/aromatic N) is 1. The van der Waals surface area contributed by atoms with E-state index >= 15 is 0 Å². The largest absolute Gasteiger partial charge is 0.493 e. The standard InChI is InChI=1S/C24H23N3O4/c1-27(16-17-9-5-4-6-10-17)26-24(29)19-11-7-8-12-20(19)25-23(28)18-13-14-21(30-2)22(15-18)31-3/h4-16H,1-3H3,(H-,25,26,28,29)/p+1. The van der Waals surface area contributed by atoms with Crippen molar-refractivity contribution in [1.29, 1.82) is 0 Å². The van der Waals surface area contributed by atoms with E-state index in [-0.39, 0.29) is 11.8 Å². The number of amides is 2. The van der Waals surface area contributed by atoms with E-state index in [1.54, 1.807) is 60.4 Å². The van der Waals surface area contributed by atoms with Crippen molar-refractivity contribution in [2.75, 3.05) is 26.6 Å². The van der Waals surface area contributed by atoms with Crippen molar-refractivity contribution in [3.05, 3.63) is 89.5 Å². The summed E-state index contributed by atoms with van der Waals surface area (Å²) in [4.78, 5) is 25.6. The highest BCUT2D eigenvalue weighted by Crippen LogP contribution is 2.28. The van der Waals surface area contributed by atoms with E-state index < -0.39 is 0 Å². The Bertz CT molecular complexity index is 1110. The van der Waals surface area contributed by atoms with Gasteiger partial charge in [-0.25, -0.2) is 0 Å². The van der Waals surface area contributed by atoms with E-state index in [9.17, 15) is 9.59 Å². The maximum Gasteiger partial charge on any atom is 0.307 e. The van der Waals surface area contributed by atoms with Gasteiger partial charge in [-0.15, -0.1) is 10.1 Å². The lowest BCUT2D eigenvalue weighted by Gasteiger charge is -2.12. The van der Waals surface area contributed by atoms with Gasteiger partial charge in [-0.1, -0.05) is 30.3 Å². The van der Waals surface area contributed by atoms with Crippen LogP contribution in [0.5, 0.6) is 11.5 Å². The highest BCUT2D eigenvalue weighted by molar-refractivity contribution is 6.09. The van der Waals surface area contributed by atoms with Gasteiger partial charge in [0.25, 0.3) is 5.91 Å². The fourth-order valence-corrected chi connectivity index (χ4v) is 2.98. The molecule has 0 fully saturated rings. The van der Waals surface area contributed by atoms with Crippen molar-refractivity contribution in [3.63, 3.8) is 0 Å². The Labute approximate surface area is 180 Å². The van der Waals surface area contributed by atoms with Crippen molar-refractivity contribution >= 4 is 23.7 Å². The molecule has 0 saturated carbocycles. The molecule has 2 amide bonds. The Morgan fingerprint density at radius 2 is 1.52 bits per heavy atom. The molecule has 0 bridgehead atoms. The van der Waals surface area contributed by atoms with Gasteiger partial charge in [0, 0.05) is 11.1 Å². The van der Waals surface area contributed by atoms with Gasteiger partial charge in [0.1, 0.15) is 0 Å². The molecule has 3 rings (SSSR count). The highest BCUT2D eigenvalue weighted by atomic mass is 16.5. The molecule has 0 saturated heterocycles. The molecule has 7 nitrogen and oxygen atoms in total. The molecule has 3 aromatic rings. The van der Waals surface area contributed by atoms with Crippen LogP contribution in [0, 0.1) is 0 Å². The molecule has 0 aliphatic rings. The van der Waals surface area contributed by atoms with Crippen LogP contribution in [-0.2, 0) is 0 Å². The number of para-hydroxylation sites is 1. The first-order valence-corrected chi connectivity index (χ1v) is 9.58. The molecular weight excluding hydrogens is 394 g/mol. The van der Waals surface area contributed by atoms with Crippen molar-refractivity contribution in [3.8, 4) is 11.5 Å². The van der Waals surface area contributed by atoms with Crippen LogP contribution in [0.3, 0.4) is 0 Å². The third-order valence-corrected chi connectivity index (χ3v) is 4.49. The molecule has 0 spiro atoms. The number of nitrogens with one attached hydrogen (secondary N) is 2. The van der Waals surface area contributed by atoms with E-state index in [2.05, 4.69) is 10.7 Å². The zero-order valence-corrected chi connectivity index (χ0v) is 17.6. The summed E-state index contributed by atoms with van der Waals surface area (Å²) in [5, 5.41) is 2.79. The number of carbonyl (C=O) groups is 2. The molecule has 0 radical (unpaired) electrons. The van der Waals surface area contributed by atoms with Gasteiger partial charge >= 0.3 is 5.91 Å². The number of ether oxygens (including phenoxy) is 2. The predicted molar refractivity (Wildman–Crippen MR) is 119 cm³/mol. The molecule has 0 heterocycles. The number of hydrazone groups is 1. The van der Waals surface area contributed by atoms with Crippen molar-refractivity contribution in [2.45, 2.75) is 0 Å². The molecular formula is C24H24N3O4+. The van der Waals surface area contributed by atoms with Crippen molar-refractivity contribution < 1.29 is 23.7 Å². The summed E-state index contributed by atoms with van der Waals surface area (Å²) < 4.78 is 12.0. The number of hydrazine groups is 1. The van der Waals surface area contributed by atoms with Crippen LogP contribution in [0.15, 0.2) is 72.8 Å². The Morgan fingerprint density at radius 3 is 2.23 bits per heavy atom. The van der Waals surface area contributed by atoms with Crippen LogP contribution in [-0.4, -0.2) is 44.0 Å². The summed E-state index contributed by atoms with van der Waals surface area (Å²) in [5.41, 5.74) is 4.84. The number of hydrogen-bond donors (Lipinski definition) is 2. The monoisotopic (exact) mass is 418 g/mol. The first kappa shape index (κ1) is 21.6. The minimum atomic E-state index is -0.370. The average molecular weight is 418 g/mol. The number of methoxy groups -OCH3 is 2. The second kappa shape index (κ2) is 10.1. The van der Waals surface area contributed by atoms with Gasteiger partial charge in [-0.05, 0) is 42.5 Å². The van der Waals surface area contributed by atoms with Gasteiger partial charge in [0.05, 0.1) is 25.5 Å². The maximum atomic E-state index is 12.8. The highest BCUT2D eigenvalue weighted by Gasteiger charge is 2.17. The predicted octanol–water partition coefficient (Wildman–Crippen LogP) is 3.36.